The maximum absolute atomic E-state index is 5.94. The highest BCUT2D eigenvalue weighted by molar-refractivity contribution is 14.0. The number of aliphatic imine (C=N–C) groups is 1. The zero-order chi connectivity index (χ0) is 15.4. The van der Waals surface area contributed by atoms with E-state index in [0.29, 0.717) is 12.5 Å². The van der Waals surface area contributed by atoms with Gasteiger partial charge in [0.1, 0.15) is 0 Å². The Labute approximate surface area is 158 Å². The van der Waals surface area contributed by atoms with Crippen LogP contribution in [0.2, 0.25) is 0 Å². The number of nitrogens with zero attached hydrogens (tertiary/aromatic N) is 2. The molecule has 0 aliphatic heterocycles. The van der Waals surface area contributed by atoms with Crippen LogP contribution in [0.25, 0.3) is 0 Å². The van der Waals surface area contributed by atoms with E-state index in [0.717, 1.165) is 18.5 Å². The molecule has 0 atom stereocenters. The summed E-state index contributed by atoms with van der Waals surface area (Å²) in [5.41, 5.74) is 9.44. The van der Waals surface area contributed by atoms with Crippen molar-refractivity contribution in [2.45, 2.75) is 39.0 Å². The average Bonchev–Trinajstić information content (AvgIpc) is 2.90. The number of thiazole rings is 1. The summed E-state index contributed by atoms with van der Waals surface area (Å²) < 4.78 is 0. The van der Waals surface area contributed by atoms with Gasteiger partial charge in [0, 0.05) is 23.5 Å². The highest BCUT2D eigenvalue weighted by atomic mass is 127. The fourth-order valence-electron chi connectivity index (χ4n) is 2.69. The van der Waals surface area contributed by atoms with Crippen LogP contribution in [0.1, 0.15) is 34.0 Å². The molecule has 6 heteroatoms. The van der Waals surface area contributed by atoms with Crippen LogP contribution in [-0.4, -0.2) is 17.5 Å². The van der Waals surface area contributed by atoms with Gasteiger partial charge in [0.2, 0.25) is 0 Å². The summed E-state index contributed by atoms with van der Waals surface area (Å²) in [7, 11) is 0. The molecular formula is C17H23IN4S. The minimum Gasteiger partial charge on any atom is -0.370 e. The number of benzene rings is 1. The number of hydrogen-bond donors (Lipinski definition) is 2. The number of anilines is 1. The fourth-order valence-corrected chi connectivity index (χ4v) is 3.84. The maximum atomic E-state index is 5.94. The summed E-state index contributed by atoms with van der Waals surface area (Å²) in [5, 5.41) is 4.32. The minimum atomic E-state index is 0. The van der Waals surface area contributed by atoms with Gasteiger partial charge < -0.3 is 11.1 Å². The lowest BCUT2D eigenvalue weighted by atomic mass is 10.0. The van der Waals surface area contributed by atoms with Gasteiger partial charge in [0.15, 0.2) is 5.96 Å². The summed E-state index contributed by atoms with van der Waals surface area (Å²) in [6, 6.07) is 8.11. The number of aryl methyl sites for hydroxylation is 3. The van der Waals surface area contributed by atoms with Crippen molar-refractivity contribution in [3.63, 3.8) is 0 Å². The summed E-state index contributed by atoms with van der Waals surface area (Å²) >= 11 is 1.85. The van der Waals surface area contributed by atoms with Crippen LogP contribution in [0.3, 0.4) is 0 Å². The second-order valence-electron chi connectivity index (χ2n) is 5.70. The molecule has 1 aromatic heterocycles. The molecule has 0 spiro atoms. The van der Waals surface area contributed by atoms with Crippen molar-refractivity contribution in [3.05, 3.63) is 45.4 Å². The molecule has 0 bridgehead atoms. The smallest absolute Gasteiger partial charge is 0.193 e. The summed E-state index contributed by atoms with van der Waals surface area (Å²) in [6.45, 7) is 2.74. The minimum absolute atomic E-state index is 0. The number of guanidine groups is 1. The molecule has 1 aromatic carbocycles. The van der Waals surface area contributed by atoms with Crippen molar-refractivity contribution in [1.82, 2.24) is 4.98 Å². The first-order chi connectivity index (χ1) is 10.7. The predicted molar refractivity (Wildman–Crippen MR) is 109 cm³/mol. The highest BCUT2D eigenvalue weighted by Gasteiger charge is 2.14. The van der Waals surface area contributed by atoms with Crippen molar-refractivity contribution < 1.29 is 0 Å². The molecule has 1 aliphatic carbocycles. The molecule has 23 heavy (non-hydrogen) atoms. The van der Waals surface area contributed by atoms with Crippen LogP contribution < -0.4 is 11.1 Å². The van der Waals surface area contributed by atoms with E-state index in [2.05, 4.69) is 29.4 Å². The molecule has 124 valence electrons. The van der Waals surface area contributed by atoms with E-state index < -0.39 is 0 Å². The fraction of sp³-hybridized carbons (Fsp3) is 0.412. The van der Waals surface area contributed by atoms with Crippen LogP contribution in [0.5, 0.6) is 0 Å². The highest BCUT2D eigenvalue weighted by Crippen LogP contribution is 2.26. The maximum Gasteiger partial charge on any atom is 0.193 e. The van der Waals surface area contributed by atoms with E-state index in [1.54, 1.807) is 0 Å². The second-order valence-corrected chi connectivity index (χ2v) is 6.86. The zero-order valence-corrected chi connectivity index (χ0v) is 16.5. The Morgan fingerprint density at radius 1 is 1.35 bits per heavy atom. The van der Waals surface area contributed by atoms with Gasteiger partial charge in [0.05, 0.1) is 10.7 Å². The van der Waals surface area contributed by atoms with Crippen molar-refractivity contribution in [2.24, 2.45) is 10.7 Å². The summed E-state index contributed by atoms with van der Waals surface area (Å²) in [6.07, 6.45) is 5.80. The molecule has 0 radical (unpaired) electrons. The molecule has 4 nitrogen and oxygen atoms in total. The van der Waals surface area contributed by atoms with Gasteiger partial charge in [0.25, 0.3) is 0 Å². The molecule has 0 fully saturated rings. The molecular weight excluding hydrogens is 419 g/mol. The quantitative estimate of drug-likeness (QED) is 0.429. The van der Waals surface area contributed by atoms with Crippen molar-refractivity contribution in [2.75, 3.05) is 11.9 Å². The molecule has 1 heterocycles. The standard InChI is InChI=1S/C17H22N4S.HI/c1-12-5-4-6-13(11-12)20-17(18)19-10-9-16-21-14-7-2-3-8-15(14)22-16;/h4-6,11H,2-3,7-10H2,1H3,(H3,18,19,20);1H. The molecule has 0 unspecified atom stereocenters. The second kappa shape index (κ2) is 8.63. The van der Waals surface area contributed by atoms with Gasteiger partial charge in [-0.3, -0.25) is 4.99 Å². The van der Waals surface area contributed by atoms with Crippen LogP contribution in [-0.2, 0) is 19.3 Å². The lowest BCUT2D eigenvalue weighted by molar-refractivity contribution is 0.680. The van der Waals surface area contributed by atoms with Gasteiger partial charge in [-0.15, -0.1) is 35.3 Å². The Morgan fingerprint density at radius 3 is 2.96 bits per heavy atom. The average molecular weight is 442 g/mol. The topological polar surface area (TPSA) is 63.3 Å². The molecule has 0 amide bonds. The Balaban J connectivity index is 0.00000192. The normalized spacial score (nSPS) is 14.0. The summed E-state index contributed by atoms with van der Waals surface area (Å²) in [5.74, 6) is 0.465. The first kappa shape index (κ1) is 18.2. The number of nitrogens with two attached hydrogens (primary N) is 1. The molecule has 2 aromatic rings. The van der Waals surface area contributed by atoms with E-state index in [9.17, 15) is 0 Å². The Bertz CT molecular complexity index is 657. The number of fused-ring (bicyclic) bond motifs is 1. The van der Waals surface area contributed by atoms with Crippen LogP contribution in [0.15, 0.2) is 29.3 Å². The Kier molecular flexibility index (Phi) is 6.83. The largest absolute Gasteiger partial charge is 0.370 e. The van der Waals surface area contributed by atoms with Crippen LogP contribution in [0, 0.1) is 6.92 Å². The molecule has 0 saturated carbocycles. The number of halogens is 1. The van der Waals surface area contributed by atoms with Crippen LogP contribution >= 0.6 is 35.3 Å². The zero-order valence-electron chi connectivity index (χ0n) is 13.3. The Hall–Kier alpha value is -1.15. The van der Waals surface area contributed by atoms with Gasteiger partial charge in [-0.05, 0) is 50.3 Å². The first-order valence-electron chi connectivity index (χ1n) is 7.82. The molecule has 3 rings (SSSR count). The molecule has 3 N–H and O–H groups in total. The van der Waals surface area contributed by atoms with Gasteiger partial charge >= 0.3 is 0 Å². The number of hydrogen-bond acceptors (Lipinski definition) is 3. The van der Waals surface area contributed by atoms with E-state index in [1.807, 2.05) is 23.5 Å². The van der Waals surface area contributed by atoms with Gasteiger partial charge in [-0.25, -0.2) is 4.98 Å². The van der Waals surface area contributed by atoms with Crippen LogP contribution in [0.4, 0.5) is 5.69 Å². The van der Waals surface area contributed by atoms with E-state index in [1.165, 1.54) is 40.4 Å². The summed E-state index contributed by atoms with van der Waals surface area (Å²) in [4.78, 5) is 10.6. The molecule has 0 saturated heterocycles. The monoisotopic (exact) mass is 442 g/mol. The SMILES string of the molecule is Cc1cccc(NC(N)=NCCc2nc3c(s2)CCCC3)c1.I. The predicted octanol–water partition coefficient (Wildman–Crippen LogP) is 3.92. The molecule has 1 aliphatic rings. The third-order valence-corrected chi connectivity index (χ3v) is 5.01. The van der Waals surface area contributed by atoms with Crippen molar-refractivity contribution in [3.8, 4) is 0 Å². The first-order valence-corrected chi connectivity index (χ1v) is 8.63. The number of nitrogens with one attached hydrogen (secondary N) is 1. The lowest BCUT2D eigenvalue weighted by Crippen LogP contribution is -2.23. The number of aromatic nitrogens is 1. The lowest BCUT2D eigenvalue weighted by Gasteiger charge is -2.06. The number of rotatable bonds is 4. The van der Waals surface area contributed by atoms with Gasteiger partial charge in [-0.1, -0.05) is 12.1 Å². The van der Waals surface area contributed by atoms with E-state index in [-0.39, 0.29) is 24.0 Å². The van der Waals surface area contributed by atoms with Crippen molar-refractivity contribution in [1.29, 1.82) is 0 Å². The van der Waals surface area contributed by atoms with E-state index >= 15 is 0 Å². The van der Waals surface area contributed by atoms with E-state index in [4.69, 9.17) is 10.7 Å². The Morgan fingerprint density at radius 2 is 2.17 bits per heavy atom. The van der Waals surface area contributed by atoms with Crippen molar-refractivity contribution >= 4 is 47.0 Å². The van der Waals surface area contributed by atoms with Gasteiger partial charge in [-0.2, -0.15) is 0 Å². The third-order valence-electron chi connectivity index (χ3n) is 3.79. The third kappa shape index (κ3) is 5.17.